The largest absolute Gasteiger partial charge is 0.364 e. The predicted octanol–water partition coefficient (Wildman–Crippen LogP) is 2.12. The monoisotopic (exact) mass is 395 g/mol. The van der Waals surface area contributed by atoms with Crippen molar-refractivity contribution in [2.75, 3.05) is 50.6 Å². The van der Waals surface area contributed by atoms with Gasteiger partial charge in [-0.2, -0.15) is 4.98 Å². The molecule has 0 unspecified atom stereocenters. The number of nitrogens with zero attached hydrogens (tertiary/aromatic N) is 5. The zero-order valence-electron chi connectivity index (χ0n) is 17.8. The number of piperidine rings is 1. The quantitative estimate of drug-likeness (QED) is 0.793. The van der Waals surface area contributed by atoms with Crippen molar-refractivity contribution in [2.45, 2.75) is 31.9 Å². The lowest BCUT2D eigenvalue weighted by Gasteiger charge is -2.55. The summed E-state index contributed by atoms with van der Waals surface area (Å²) < 4.78 is 6.14. The number of aryl methyl sites for hydroxylation is 1. The Morgan fingerprint density at radius 3 is 2.59 bits per heavy atom. The van der Waals surface area contributed by atoms with Crippen molar-refractivity contribution in [3.05, 3.63) is 47.2 Å². The second-order valence-electron chi connectivity index (χ2n) is 8.19. The van der Waals surface area contributed by atoms with Crippen molar-refractivity contribution in [1.29, 1.82) is 0 Å². The molecule has 4 rings (SSSR count). The van der Waals surface area contributed by atoms with Gasteiger partial charge in [0, 0.05) is 45.5 Å². The normalized spacial score (nSPS) is 24.4. The molecule has 0 spiro atoms. The number of benzene rings is 1. The van der Waals surface area contributed by atoms with Gasteiger partial charge < -0.3 is 19.4 Å². The summed E-state index contributed by atoms with van der Waals surface area (Å²) in [7, 11) is 5.81. The first-order valence-corrected chi connectivity index (χ1v) is 10.1. The van der Waals surface area contributed by atoms with Crippen LogP contribution in [0.4, 0.5) is 11.8 Å². The van der Waals surface area contributed by atoms with Crippen LogP contribution in [0.25, 0.3) is 0 Å². The van der Waals surface area contributed by atoms with E-state index in [-0.39, 0.29) is 18.6 Å². The third-order valence-electron chi connectivity index (χ3n) is 6.39. The molecule has 2 aliphatic rings. The summed E-state index contributed by atoms with van der Waals surface area (Å²) >= 11 is 0. The van der Waals surface area contributed by atoms with E-state index < -0.39 is 5.54 Å². The molecular formula is C22H29N5O2. The van der Waals surface area contributed by atoms with Gasteiger partial charge in [0.15, 0.2) is 0 Å². The fourth-order valence-electron chi connectivity index (χ4n) is 4.52. The molecule has 3 heterocycles. The first-order valence-electron chi connectivity index (χ1n) is 10.1. The standard InChI is InChI=1S/C22H29N5O2/c1-15-16(2)23-21(25(3)4)24-20(15)27-12-11-22(17-9-7-6-8-10-17)18(13-27)29-14-19(28)26(22)5/h6-10,18H,11-14H2,1-5H3/t18-,22+/m1/s1. The maximum absolute atomic E-state index is 12.6. The number of anilines is 2. The lowest BCUT2D eigenvalue weighted by molar-refractivity contribution is -0.173. The highest BCUT2D eigenvalue weighted by Gasteiger charge is 2.53. The van der Waals surface area contributed by atoms with Gasteiger partial charge >= 0.3 is 0 Å². The Morgan fingerprint density at radius 2 is 1.90 bits per heavy atom. The van der Waals surface area contributed by atoms with Crippen molar-refractivity contribution in [3.63, 3.8) is 0 Å². The van der Waals surface area contributed by atoms with E-state index in [0.717, 1.165) is 35.6 Å². The van der Waals surface area contributed by atoms with Gasteiger partial charge in [0.2, 0.25) is 11.9 Å². The zero-order chi connectivity index (χ0) is 20.8. The van der Waals surface area contributed by atoms with Gasteiger partial charge in [0.05, 0.1) is 5.54 Å². The van der Waals surface area contributed by atoms with Gasteiger partial charge in [0.25, 0.3) is 0 Å². The van der Waals surface area contributed by atoms with E-state index in [9.17, 15) is 4.79 Å². The highest BCUT2D eigenvalue weighted by molar-refractivity contribution is 5.79. The predicted molar refractivity (Wildman–Crippen MR) is 113 cm³/mol. The molecule has 2 saturated heterocycles. The lowest BCUT2D eigenvalue weighted by Crippen LogP contribution is -2.67. The Bertz CT molecular complexity index is 917. The molecule has 0 N–H and O–H groups in total. The van der Waals surface area contributed by atoms with E-state index in [4.69, 9.17) is 9.72 Å². The van der Waals surface area contributed by atoms with Gasteiger partial charge in [-0.15, -0.1) is 0 Å². The summed E-state index contributed by atoms with van der Waals surface area (Å²) in [5, 5.41) is 0. The molecule has 0 bridgehead atoms. The molecule has 0 saturated carbocycles. The van der Waals surface area contributed by atoms with Gasteiger partial charge in [-0.05, 0) is 25.8 Å². The Hall–Kier alpha value is -2.67. The summed E-state index contributed by atoms with van der Waals surface area (Å²) in [4.78, 5) is 28.1. The molecule has 2 fully saturated rings. The molecule has 1 amide bonds. The number of carbonyl (C=O) groups excluding carboxylic acids is 1. The van der Waals surface area contributed by atoms with Crippen molar-refractivity contribution >= 4 is 17.7 Å². The summed E-state index contributed by atoms with van der Waals surface area (Å²) in [6, 6.07) is 10.3. The first kappa shape index (κ1) is 19.6. The van der Waals surface area contributed by atoms with Crippen molar-refractivity contribution in [2.24, 2.45) is 0 Å². The van der Waals surface area contributed by atoms with Crippen LogP contribution in [0.2, 0.25) is 0 Å². The van der Waals surface area contributed by atoms with Crippen LogP contribution >= 0.6 is 0 Å². The molecule has 1 aromatic heterocycles. The van der Waals surface area contributed by atoms with E-state index in [1.54, 1.807) is 0 Å². The molecule has 7 nitrogen and oxygen atoms in total. The van der Waals surface area contributed by atoms with Crippen LogP contribution in [-0.4, -0.2) is 67.7 Å². The third-order valence-corrected chi connectivity index (χ3v) is 6.39. The molecule has 2 aromatic rings. The van der Waals surface area contributed by atoms with E-state index in [1.165, 1.54) is 0 Å². The fourth-order valence-corrected chi connectivity index (χ4v) is 4.52. The van der Waals surface area contributed by atoms with Crippen LogP contribution < -0.4 is 9.80 Å². The zero-order valence-corrected chi connectivity index (χ0v) is 17.8. The molecule has 2 atom stereocenters. The number of ether oxygens (including phenoxy) is 1. The van der Waals surface area contributed by atoms with Crippen molar-refractivity contribution in [1.82, 2.24) is 14.9 Å². The number of fused-ring (bicyclic) bond motifs is 1. The molecule has 0 radical (unpaired) electrons. The second-order valence-corrected chi connectivity index (χ2v) is 8.19. The Balaban J connectivity index is 1.72. The Labute approximate surface area is 172 Å². The lowest BCUT2D eigenvalue weighted by atomic mass is 9.76. The summed E-state index contributed by atoms with van der Waals surface area (Å²) in [5.74, 6) is 1.69. The minimum absolute atomic E-state index is 0.0301. The topological polar surface area (TPSA) is 61.8 Å². The van der Waals surface area contributed by atoms with E-state index in [2.05, 4.69) is 28.9 Å². The van der Waals surface area contributed by atoms with Crippen molar-refractivity contribution < 1.29 is 9.53 Å². The molecule has 2 aliphatic heterocycles. The van der Waals surface area contributed by atoms with E-state index in [0.29, 0.717) is 12.5 Å². The number of rotatable bonds is 3. The maximum Gasteiger partial charge on any atom is 0.249 e. The number of hydrogen-bond donors (Lipinski definition) is 0. The van der Waals surface area contributed by atoms with E-state index in [1.807, 2.05) is 56.1 Å². The fraction of sp³-hybridized carbons (Fsp3) is 0.500. The molecule has 154 valence electrons. The number of amides is 1. The Morgan fingerprint density at radius 1 is 1.17 bits per heavy atom. The third kappa shape index (κ3) is 3.13. The van der Waals surface area contributed by atoms with Crippen LogP contribution in [0.5, 0.6) is 0 Å². The first-order chi connectivity index (χ1) is 13.8. The number of likely N-dealkylation sites (N-methyl/N-ethyl adjacent to an activating group) is 1. The van der Waals surface area contributed by atoms with Gasteiger partial charge in [-0.25, -0.2) is 4.98 Å². The second kappa shape index (κ2) is 7.30. The van der Waals surface area contributed by atoms with Gasteiger partial charge in [-0.3, -0.25) is 4.79 Å². The van der Waals surface area contributed by atoms with Crippen molar-refractivity contribution in [3.8, 4) is 0 Å². The highest BCUT2D eigenvalue weighted by Crippen LogP contribution is 2.43. The van der Waals surface area contributed by atoms with Crippen LogP contribution in [0.15, 0.2) is 30.3 Å². The minimum atomic E-state index is -0.451. The SMILES string of the molecule is Cc1nc(N(C)C)nc(N2CC[C@]3(c4ccccc4)[C@@H](C2)OCC(=O)N3C)c1C. The van der Waals surface area contributed by atoms with Crippen LogP contribution in [0.3, 0.4) is 0 Å². The van der Waals surface area contributed by atoms with Crippen LogP contribution in [0, 0.1) is 13.8 Å². The number of morpholine rings is 1. The number of hydrogen-bond acceptors (Lipinski definition) is 6. The molecule has 0 aliphatic carbocycles. The Kier molecular flexibility index (Phi) is 4.94. The summed E-state index contributed by atoms with van der Waals surface area (Å²) in [6.45, 7) is 5.68. The van der Waals surface area contributed by atoms with E-state index >= 15 is 0 Å². The van der Waals surface area contributed by atoms with Gasteiger partial charge in [-0.1, -0.05) is 30.3 Å². The van der Waals surface area contributed by atoms with Crippen LogP contribution in [0.1, 0.15) is 23.2 Å². The average Bonchev–Trinajstić information content (AvgIpc) is 2.73. The number of aromatic nitrogens is 2. The molecular weight excluding hydrogens is 366 g/mol. The molecule has 29 heavy (non-hydrogen) atoms. The smallest absolute Gasteiger partial charge is 0.249 e. The summed E-state index contributed by atoms with van der Waals surface area (Å²) in [6.07, 6.45) is 0.655. The van der Waals surface area contributed by atoms with Gasteiger partial charge in [0.1, 0.15) is 18.5 Å². The molecule has 1 aromatic carbocycles. The summed E-state index contributed by atoms with van der Waals surface area (Å²) in [5.41, 5.74) is 2.75. The molecule has 7 heteroatoms. The number of carbonyl (C=O) groups is 1. The minimum Gasteiger partial charge on any atom is -0.364 e. The average molecular weight is 396 g/mol. The highest BCUT2D eigenvalue weighted by atomic mass is 16.5. The van der Waals surface area contributed by atoms with Crippen LogP contribution in [-0.2, 0) is 15.1 Å². The maximum atomic E-state index is 12.6.